The van der Waals surface area contributed by atoms with E-state index in [2.05, 4.69) is 4.90 Å². The number of rotatable bonds is 7. The van der Waals surface area contributed by atoms with Crippen LogP contribution in [0.25, 0.3) is 0 Å². The predicted molar refractivity (Wildman–Crippen MR) is 146 cm³/mol. The molecule has 8 heteroatoms. The zero-order valence-corrected chi connectivity index (χ0v) is 22.0. The van der Waals surface area contributed by atoms with Crippen LogP contribution in [-0.4, -0.2) is 64.2 Å². The van der Waals surface area contributed by atoms with Crippen molar-refractivity contribution in [2.24, 2.45) is 5.92 Å². The molecule has 198 valence electrons. The minimum absolute atomic E-state index is 0.00913. The van der Waals surface area contributed by atoms with Crippen molar-refractivity contribution in [3.05, 3.63) is 78.4 Å². The van der Waals surface area contributed by atoms with Crippen molar-refractivity contribution < 1.29 is 23.8 Å². The third-order valence-electron chi connectivity index (χ3n) is 7.46. The first kappa shape index (κ1) is 25.4. The first-order valence-electron chi connectivity index (χ1n) is 12.8. The highest BCUT2D eigenvalue weighted by Crippen LogP contribution is 2.43. The molecule has 3 aromatic rings. The van der Waals surface area contributed by atoms with Crippen LogP contribution in [0, 0.1) is 5.92 Å². The van der Waals surface area contributed by atoms with E-state index < -0.39 is 12.0 Å². The average molecular weight is 516 g/mol. The minimum Gasteiger partial charge on any atom is -0.497 e. The van der Waals surface area contributed by atoms with Crippen LogP contribution in [0.3, 0.4) is 0 Å². The van der Waals surface area contributed by atoms with Crippen LogP contribution in [0.2, 0.25) is 0 Å². The monoisotopic (exact) mass is 515 g/mol. The van der Waals surface area contributed by atoms with E-state index in [1.165, 1.54) is 0 Å². The van der Waals surface area contributed by atoms with E-state index in [9.17, 15) is 9.59 Å². The number of amides is 2. The molecule has 0 N–H and O–H groups in total. The topological polar surface area (TPSA) is 71.6 Å². The van der Waals surface area contributed by atoms with E-state index in [0.717, 1.165) is 28.4 Å². The van der Waals surface area contributed by atoms with E-state index in [0.29, 0.717) is 31.9 Å². The molecule has 2 aliphatic rings. The molecule has 2 aliphatic heterocycles. The van der Waals surface area contributed by atoms with Gasteiger partial charge >= 0.3 is 0 Å². The Balaban J connectivity index is 1.40. The molecule has 2 heterocycles. The Morgan fingerprint density at radius 3 is 1.97 bits per heavy atom. The molecule has 5 rings (SSSR count). The van der Waals surface area contributed by atoms with Crippen LogP contribution >= 0.6 is 0 Å². The second kappa shape index (κ2) is 11.0. The molecular weight excluding hydrogens is 482 g/mol. The molecule has 2 amide bonds. The molecule has 0 unspecified atom stereocenters. The van der Waals surface area contributed by atoms with Crippen LogP contribution in [-0.2, 0) is 9.59 Å². The highest BCUT2D eigenvalue weighted by molar-refractivity contribution is 6.01. The van der Waals surface area contributed by atoms with Crippen molar-refractivity contribution in [1.82, 2.24) is 4.90 Å². The Kier molecular flexibility index (Phi) is 7.40. The fourth-order valence-electron chi connectivity index (χ4n) is 5.48. The SMILES string of the molecule is COc1ccc([C@H]2[C@H](C(=O)N3CCN(c4ccccc4OC)CC3)CC(=O)N2c2ccc(OC)cc2)cc1. The third kappa shape index (κ3) is 4.86. The van der Waals surface area contributed by atoms with E-state index in [-0.39, 0.29) is 18.2 Å². The molecule has 0 spiro atoms. The van der Waals surface area contributed by atoms with Gasteiger partial charge in [-0.15, -0.1) is 0 Å². The van der Waals surface area contributed by atoms with Crippen molar-refractivity contribution in [2.45, 2.75) is 12.5 Å². The van der Waals surface area contributed by atoms with Gasteiger partial charge in [0.1, 0.15) is 17.2 Å². The lowest BCUT2D eigenvalue weighted by molar-refractivity contribution is -0.136. The summed E-state index contributed by atoms with van der Waals surface area (Å²) in [7, 11) is 4.90. The summed E-state index contributed by atoms with van der Waals surface area (Å²) >= 11 is 0. The lowest BCUT2D eigenvalue weighted by Crippen LogP contribution is -2.51. The third-order valence-corrected chi connectivity index (χ3v) is 7.46. The van der Waals surface area contributed by atoms with Crippen molar-refractivity contribution in [1.29, 1.82) is 0 Å². The molecule has 0 aromatic heterocycles. The highest BCUT2D eigenvalue weighted by Gasteiger charge is 2.47. The molecule has 0 radical (unpaired) electrons. The number of methoxy groups -OCH3 is 3. The van der Waals surface area contributed by atoms with Gasteiger partial charge in [0.25, 0.3) is 0 Å². The first-order chi connectivity index (χ1) is 18.5. The maximum absolute atomic E-state index is 14.0. The molecule has 0 saturated carbocycles. The summed E-state index contributed by atoms with van der Waals surface area (Å²) in [4.78, 5) is 33.3. The quantitative estimate of drug-likeness (QED) is 0.471. The summed E-state index contributed by atoms with van der Waals surface area (Å²) in [5, 5.41) is 0. The number of para-hydroxylation sites is 2. The van der Waals surface area contributed by atoms with Gasteiger partial charge in [-0.2, -0.15) is 0 Å². The molecule has 3 aromatic carbocycles. The molecule has 2 fully saturated rings. The van der Waals surface area contributed by atoms with Gasteiger partial charge in [-0.3, -0.25) is 9.59 Å². The maximum atomic E-state index is 14.0. The Hall–Kier alpha value is -4.20. The number of ether oxygens (including phenoxy) is 3. The van der Waals surface area contributed by atoms with Crippen LogP contribution in [0.1, 0.15) is 18.0 Å². The van der Waals surface area contributed by atoms with Crippen molar-refractivity contribution in [3.8, 4) is 17.2 Å². The number of hydrogen-bond acceptors (Lipinski definition) is 6. The predicted octanol–water partition coefficient (Wildman–Crippen LogP) is 4.16. The second-order valence-corrected chi connectivity index (χ2v) is 9.47. The summed E-state index contributed by atoms with van der Waals surface area (Å²) < 4.78 is 16.2. The number of hydrogen-bond donors (Lipinski definition) is 0. The number of anilines is 2. The molecule has 8 nitrogen and oxygen atoms in total. The Bertz CT molecular complexity index is 1270. The normalized spacial score (nSPS) is 19.4. The lowest BCUT2D eigenvalue weighted by atomic mass is 9.91. The van der Waals surface area contributed by atoms with Gasteiger partial charge < -0.3 is 28.9 Å². The molecule has 0 aliphatic carbocycles. The van der Waals surface area contributed by atoms with Crippen LogP contribution < -0.4 is 24.0 Å². The van der Waals surface area contributed by atoms with Crippen LogP contribution in [0.4, 0.5) is 11.4 Å². The Morgan fingerprint density at radius 2 is 1.37 bits per heavy atom. The fraction of sp³-hybridized carbons (Fsp3) is 0.333. The van der Waals surface area contributed by atoms with Crippen molar-refractivity contribution >= 4 is 23.2 Å². The number of carbonyl (C=O) groups is 2. The molecular formula is C30H33N3O5. The van der Waals surface area contributed by atoms with Crippen LogP contribution in [0.15, 0.2) is 72.8 Å². The minimum atomic E-state index is -0.490. The van der Waals surface area contributed by atoms with Crippen molar-refractivity contribution in [2.75, 3.05) is 57.3 Å². The Morgan fingerprint density at radius 1 is 0.763 bits per heavy atom. The summed E-state index contributed by atoms with van der Waals surface area (Å²) in [6, 6.07) is 22.6. The Labute approximate surface area is 223 Å². The summed E-state index contributed by atoms with van der Waals surface area (Å²) in [6.07, 6.45) is 0.161. The van der Waals surface area contributed by atoms with Gasteiger partial charge in [-0.05, 0) is 54.1 Å². The standard InChI is InChI=1S/C30H33N3O5/c1-36-23-12-8-21(9-13-23)29-25(20-28(34)33(29)22-10-14-24(37-2)15-11-22)30(35)32-18-16-31(17-19-32)26-6-4-5-7-27(26)38-3/h4-15,25,29H,16-20H2,1-3H3/t25-,29+/m1/s1. The van der Waals surface area contributed by atoms with Gasteiger partial charge in [0.2, 0.25) is 11.8 Å². The van der Waals surface area contributed by atoms with Gasteiger partial charge in [0.15, 0.2) is 0 Å². The van der Waals surface area contributed by atoms with E-state index >= 15 is 0 Å². The van der Waals surface area contributed by atoms with E-state index in [4.69, 9.17) is 14.2 Å². The largest absolute Gasteiger partial charge is 0.497 e. The number of nitrogens with zero attached hydrogens (tertiary/aromatic N) is 3. The second-order valence-electron chi connectivity index (χ2n) is 9.47. The molecule has 0 bridgehead atoms. The smallest absolute Gasteiger partial charge is 0.228 e. The highest BCUT2D eigenvalue weighted by atomic mass is 16.5. The molecule has 2 atom stereocenters. The summed E-state index contributed by atoms with van der Waals surface area (Å²) in [5.74, 6) is 1.71. The van der Waals surface area contributed by atoms with Gasteiger partial charge in [-0.25, -0.2) is 0 Å². The molecule has 38 heavy (non-hydrogen) atoms. The lowest BCUT2D eigenvalue weighted by Gasteiger charge is -2.38. The van der Waals surface area contributed by atoms with Crippen molar-refractivity contribution in [3.63, 3.8) is 0 Å². The number of benzene rings is 3. The average Bonchev–Trinajstić information content (AvgIpc) is 3.33. The van der Waals surface area contributed by atoms with Gasteiger partial charge in [-0.1, -0.05) is 24.3 Å². The van der Waals surface area contributed by atoms with Crippen LogP contribution in [0.5, 0.6) is 17.2 Å². The van der Waals surface area contributed by atoms with Gasteiger partial charge in [0, 0.05) is 38.3 Å². The first-order valence-corrected chi connectivity index (χ1v) is 12.8. The van der Waals surface area contributed by atoms with Gasteiger partial charge in [0.05, 0.1) is 39.0 Å². The summed E-state index contributed by atoms with van der Waals surface area (Å²) in [5.41, 5.74) is 2.67. The number of carbonyl (C=O) groups excluding carboxylic acids is 2. The number of piperazine rings is 1. The summed E-state index contributed by atoms with van der Waals surface area (Å²) in [6.45, 7) is 2.56. The fourth-order valence-corrected chi connectivity index (χ4v) is 5.48. The molecule has 2 saturated heterocycles. The van der Waals surface area contributed by atoms with E-state index in [1.807, 2.05) is 77.7 Å². The maximum Gasteiger partial charge on any atom is 0.228 e. The zero-order valence-electron chi connectivity index (χ0n) is 22.0. The zero-order chi connectivity index (χ0) is 26.6. The van der Waals surface area contributed by atoms with E-state index in [1.54, 1.807) is 26.2 Å².